The molecule has 4 nitrogen and oxygen atoms in total. The summed E-state index contributed by atoms with van der Waals surface area (Å²) in [6.45, 7) is 0.276. The van der Waals surface area contributed by atoms with Gasteiger partial charge in [0.15, 0.2) is 17.3 Å². The number of fused-ring (bicyclic) bond motifs is 1. The first-order chi connectivity index (χ1) is 8.83. The molecule has 1 aromatic carbocycles. The van der Waals surface area contributed by atoms with Crippen LogP contribution in [0, 0.1) is 0 Å². The number of Topliss-reactive ketones (excluding diaryl/α,β-unsaturated/α-hetero) is 1. The first-order valence-electron chi connectivity index (χ1n) is 6.21. The molecule has 1 aromatic rings. The van der Waals surface area contributed by atoms with E-state index in [1.165, 1.54) is 0 Å². The molecule has 0 bridgehead atoms. The average molecular weight is 245 g/mol. The molecule has 3 rings (SSSR count). The van der Waals surface area contributed by atoms with Crippen LogP contribution in [0.25, 0.3) is 0 Å². The molecule has 0 atom stereocenters. The lowest BCUT2D eigenvalue weighted by Gasteiger charge is -2.12. The molecule has 1 saturated carbocycles. The van der Waals surface area contributed by atoms with Crippen molar-refractivity contribution in [3.8, 4) is 11.5 Å². The number of carbonyl (C=O) groups is 1. The predicted molar refractivity (Wildman–Crippen MR) is 67.7 cm³/mol. The predicted octanol–water partition coefficient (Wildman–Crippen LogP) is 2.85. The van der Waals surface area contributed by atoms with Crippen molar-refractivity contribution in [2.75, 3.05) is 12.1 Å². The fourth-order valence-electron chi connectivity index (χ4n) is 2.21. The normalized spacial score (nSPS) is 20.2. The summed E-state index contributed by atoms with van der Waals surface area (Å²) in [5, 5.41) is 3.16. The van der Waals surface area contributed by atoms with Crippen LogP contribution in [0.4, 0.5) is 5.69 Å². The molecule has 0 radical (unpaired) electrons. The number of ketones is 1. The third-order valence-electron chi connectivity index (χ3n) is 3.24. The molecule has 94 valence electrons. The first kappa shape index (κ1) is 11.1. The van der Waals surface area contributed by atoms with Crippen LogP contribution in [0.2, 0.25) is 0 Å². The van der Waals surface area contributed by atoms with E-state index in [-0.39, 0.29) is 12.6 Å². The maximum Gasteiger partial charge on any atom is 0.231 e. The van der Waals surface area contributed by atoms with E-state index in [1.54, 1.807) is 0 Å². The number of hydrogen-bond donors (Lipinski definition) is 1. The summed E-state index contributed by atoms with van der Waals surface area (Å²) in [6.07, 6.45) is 5.48. The molecule has 0 unspecified atom stereocenters. The molecule has 0 amide bonds. The van der Waals surface area contributed by atoms with Gasteiger partial charge in [-0.3, -0.25) is 4.79 Å². The highest BCUT2D eigenvalue weighted by atomic mass is 16.7. The summed E-state index contributed by atoms with van der Waals surface area (Å²) in [6, 6.07) is 5.66. The Labute approximate surface area is 106 Å². The van der Waals surface area contributed by atoms with Crippen molar-refractivity contribution in [1.82, 2.24) is 0 Å². The Hall–Kier alpha value is -1.97. The lowest BCUT2D eigenvalue weighted by Crippen LogP contribution is -2.09. The molecule has 1 aliphatic heterocycles. The van der Waals surface area contributed by atoms with Crippen molar-refractivity contribution < 1.29 is 14.3 Å². The van der Waals surface area contributed by atoms with Crippen molar-refractivity contribution in [3.05, 3.63) is 30.0 Å². The van der Waals surface area contributed by atoms with E-state index < -0.39 is 0 Å². The van der Waals surface area contributed by atoms with E-state index in [4.69, 9.17) is 9.47 Å². The van der Waals surface area contributed by atoms with Gasteiger partial charge in [-0.2, -0.15) is 0 Å². The van der Waals surface area contributed by atoms with Crippen LogP contribution in [-0.2, 0) is 4.79 Å². The van der Waals surface area contributed by atoms with Crippen LogP contribution in [0.15, 0.2) is 30.0 Å². The van der Waals surface area contributed by atoms with Gasteiger partial charge in [0.1, 0.15) is 0 Å². The van der Waals surface area contributed by atoms with Crippen molar-refractivity contribution in [3.63, 3.8) is 0 Å². The van der Waals surface area contributed by atoms with Crippen molar-refractivity contribution >= 4 is 11.5 Å². The Bertz CT molecular complexity index is 508. The molecule has 1 N–H and O–H groups in total. The van der Waals surface area contributed by atoms with Gasteiger partial charge in [0.05, 0.1) is 0 Å². The number of allylic oxidation sites excluding steroid dienone is 1. The van der Waals surface area contributed by atoms with Gasteiger partial charge in [-0.25, -0.2) is 0 Å². The van der Waals surface area contributed by atoms with Crippen molar-refractivity contribution in [1.29, 1.82) is 0 Å². The first-order valence-corrected chi connectivity index (χ1v) is 6.21. The largest absolute Gasteiger partial charge is 0.454 e. The van der Waals surface area contributed by atoms with E-state index >= 15 is 0 Å². The van der Waals surface area contributed by atoms with Crippen LogP contribution >= 0.6 is 0 Å². The minimum absolute atomic E-state index is 0.259. The van der Waals surface area contributed by atoms with Gasteiger partial charge >= 0.3 is 0 Å². The van der Waals surface area contributed by atoms with Crippen LogP contribution in [0.5, 0.6) is 11.5 Å². The molecule has 1 fully saturated rings. The number of hydrogen-bond acceptors (Lipinski definition) is 4. The number of benzene rings is 1. The summed E-state index contributed by atoms with van der Waals surface area (Å²) in [7, 11) is 0. The molecule has 1 aliphatic carbocycles. The highest BCUT2D eigenvalue weighted by molar-refractivity contribution is 5.96. The van der Waals surface area contributed by atoms with Crippen molar-refractivity contribution in [2.45, 2.75) is 25.7 Å². The van der Waals surface area contributed by atoms with Crippen LogP contribution in [-0.4, -0.2) is 12.6 Å². The van der Waals surface area contributed by atoms with Gasteiger partial charge in [-0.1, -0.05) is 0 Å². The van der Waals surface area contributed by atoms with Gasteiger partial charge < -0.3 is 14.8 Å². The SMILES string of the molecule is O=C1CCCCC1=CNc1ccc2c(c1)OCO2. The van der Waals surface area contributed by atoms with Crippen LogP contribution in [0.1, 0.15) is 25.7 Å². The fourth-order valence-corrected chi connectivity index (χ4v) is 2.21. The fraction of sp³-hybridized carbons (Fsp3) is 0.357. The lowest BCUT2D eigenvalue weighted by atomic mass is 9.94. The minimum Gasteiger partial charge on any atom is -0.454 e. The number of carbonyl (C=O) groups excluding carboxylic acids is 1. The number of rotatable bonds is 2. The Morgan fingerprint density at radius 1 is 1.11 bits per heavy atom. The van der Waals surface area contributed by atoms with Gasteiger partial charge in [-0.05, 0) is 31.4 Å². The lowest BCUT2D eigenvalue weighted by molar-refractivity contribution is -0.116. The molecule has 4 heteroatoms. The van der Waals surface area contributed by atoms with E-state index in [2.05, 4.69) is 5.32 Å². The average Bonchev–Trinajstić information content (AvgIpc) is 2.85. The Morgan fingerprint density at radius 2 is 1.94 bits per heavy atom. The molecule has 0 saturated heterocycles. The molecular formula is C14H15NO3. The monoisotopic (exact) mass is 245 g/mol. The quantitative estimate of drug-likeness (QED) is 0.814. The maximum absolute atomic E-state index is 11.6. The molecule has 18 heavy (non-hydrogen) atoms. The van der Waals surface area contributed by atoms with Gasteiger partial charge in [0.2, 0.25) is 6.79 Å². The summed E-state index contributed by atoms with van der Waals surface area (Å²) >= 11 is 0. The summed E-state index contributed by atoms with van der Waals surface area (Å²) in [5.41, 5.74) is 1.80. The summed E-state index contributed by atoms with van der Waals surface area (Å²) < 4.78 is 10.5. The second-order valence-corrected chi connectivity index (χ2v) is 4.51. The number of anilines is 1. The maximum atomic E-state index is 11.6. The third-order valence-corrected chi connectivity index (χ3v) is 3.24. The van der Waals surface area contributed by atoms with E-state index in [9.17, 15) is 4.79 Å². The Balaban J connectivity index is 1.73. The molecular weight excluding hydrogens is 230 g/mol. The highest BCUT2D eigenvalue weighted by Crippen LogP contribution is 2.34. The molecule has 2 aliphatic rings. The molecule has 0 aromatic heterocycles. The number of nitrogens with one attached hydrogen (secondary N) is 1. The molecule has 0 spiro atoms. The standard InChI is InChI=1S/C14H15NO3/c16-12-4-2-1-3-10(12)8-15-11-5-6-13-14(7-11)18-9-17-13/h5-8,15H,1-4,9H2. The van der Waals surface area contributed by atoms with Crippen molar-refractivity contribution in [2.24, 2.45) is 0 Å². The zero-order chi connectivity index (χ0) is 12.4. The zero-order valence-corrected chi connectivity index (χ0v) is 10.1. The molecule has 1 heterocycles. The zero-order valence-electron chi connectivity index (χ0n) is 10.1. The van der Waals surface area contributed by atoms with Crippen LogP contribution < -0.4 is 14.8 Å². The Kier molecular flexibility index (Phi) is 2.92. The van der Waals surface area contributed by atoms with E-state index in [1.807, 2.05) is 24.4 Å². The topological polar surface area (TPSA) is 47.6 Å². The smallest absolute Gasteiger partial charge is 0.231 e. The van der Waals surface area contributed by atoms with Crippen LogP contribution in [0.3, 0.4) is 0 Å². The minimum atomic E-state index is 0.259. The van der Waals surface area contributed by atoms with Gasteiger partial charge in [0.25, 0.3) is 0 Å². The van der Waals surface area contributed by atoms with E-state index in [0.29, 0.717) is 6.42 Å². The summed E-state index contributed by atoms with van der Waals surface area (Å²) in [5.74, 6) is 1.77. The van der Waals surface area contributed by atoms with Gasteiger partial charge in [0, 0.05) is 29.9 Å². The van der Waals surface area contributed by atoms with E-state index in [0.717, 1.165) is 42.0 Å². The second-order valence-electron chi connectivity index (χ2n) is 4.51. The second kappa shape index (κ2) is 4.72. The highest BCUT2D eigenvalue weighted by Gasteiger charge is 2.15. The third kappa shape index (κ3) is 2.18. The summed E-state index contributed by atoms with van der Waals surface area (Å²) in [4.78, 5) is 11.6. The number of ether oxygens (including phenoxy) is 2. The Morgan fingerprint density at radius 3 is 2.83 bits per heavy atom. The van der Waals surface area contributed by atoms with Gasteiger partial charge in [-0.15, -0.1) is 0 Å².